The van der Waals surface area contributed by atoms with Crippen molar-refractivity contribution in [2.45, 2.75) is 45.4 Å². The van der Waals surface area contributed by atoms with Crippen molar-refractivity contribution in [3.05, 3.63) is 0 Å². The first kappa shape index (κ1) is 14.5. The highest BCUT2D eigenvalue weighted by molar-refractivity contribution is 5.94. The van der Waals surface area contributed by atoms with E-state index in [9.17, 15) is 14.4 Å². The average Bonchev–Trinajstić information content (AvgIpc) is 2.23. The van der Waals surface area contributed by atoms with E-state index in [4.69, 9.17) is 5.11 Å². The van der Waals surface area contributed by atoms with Crippen LogP contribution in [0.3, 0.4) is 0 Å². The number of aliphatic carboxylic acids is 1. The van der Waals surface area contributed by atoms with Crippen molar-refractivity contribution in [1.29, 1.82) is 0 Å². The molecule has 0 unspecified atom stereocenters. The molecule has 1 aliphatic carbocycles. The van der Waals surface area contributed by atoms with Gasteiger partial charge in [0.15, 0.2) is 0 Å². The zero-order valence-corrected chi connectivity index (χ0v) is 10.6. The summed E-state index contributed by atoms with van der Waals surface area (Å²) in [7, 11) is 0. The molecule has 0 aromatic carbocycles. The Morgan fingerprint density at radius 3 is 2.39 bits per heavy atom. The predicted octanol–water partition coefficient (Wildman–Crippen LogP) is 1.26. The second-order valence-corrected chi connectivity index (χ2v) is 5.14. The lowest BCUT2D eigenvalue weighted by molar-refractivity contribution is -0.137. The number of urea groups is 1. The molecule has 0 saturated heterocycles. The maximum absolute atomic E-state index is 11.4. The maximum atomic E-state index is 11.4. The van der Waals surface area contributed by atoms with E-state index in [0.717, 1.165) is 12.8 Å². The van der Waals surface area contributed by atoms with Gasteiger partial charge in [-0.1, -0.05) is 13.3 Å². The van der Waals surface area contributed by atoms with Crippen LogP contribution in [-0.4, -0.2) is 29.6 Å². The Bertz CT molecular complexity index is 337. The predicted molar refractivity (Wildman–Crippen MR) is 65.0 cm³/mol. The molecule has 6 nitrogen and oxygen atoms in total. The Labute approximate surface area is 106 Å². The van der Waals surface area contributed by atoms with Crippen LogP contribution < -0.4 is 10.6 Å². The SMILES string of the molecule is CC1(CNC(=O)NC(=O)CCCC(=O)O)CCC1. The van der Waals surface area contributed by atoms with E-state index in [1.54, 1.807) is 0 Å². The minimum absolute atomic E-state index is 0.0526. The number of carbonyl (C=O) groups is 3. The van der Waals surface area contributed by atoms with Crippen LogP contribution in [0.1, 0.15) is 45.4 Å². The second-order valence-electron chi connectivity index (χ2n) is 5.14. The third kappa shape index (κ3) is 5.16. The third-order valence-corrected chi connectivity index (χ3v) is 3.28. The molecule has 0 atom stereocenters. The molecular weight excluding hydrogens is 236 g/mol. The van der Waals surface area contributed by atoms with Gasteiger partial charge in [-0.15, -0.1) is 0 Å². The number of nitrogens with one attached hydrogen (secondary N) is 2. The van der Waals surface area contributed by atoms with Crippen LogP contribution in [0.2, 0.25) is 0 Å². The standard InChI is InChI=1S/C12H20N2O4/c1-12(6-3-7-12)8-13-11(18)14-9(15)4-2-5-10(16)17/h2-8H2,1H3,(H,16,17)(H2,13,14,15,18). The fourth-order valence-corrected chi connectivity index (χ4v) is 1.88. The number of carbonyl (C=O) groups excluding carboxylic acids is 2. The minimum Gasteiger partial charge on any atom is -0.481 e. The molecular formula is C12H20N2O4. The number of hydrogen-bond donors (Lipinski definition) is 3. The summed E-state index contributed by atoms with van der Waals surface area (Å²) in [6, 6.07) is -0.497. The zero-order valence-electron chi connectivity index (χ0n) is 10.6. The van der Waals surface area contributed by atoms with Crippen LogP contribution in [0.4, 0.5) is 4.79 Å². The molecule has 3 N–H and O–H groups in total. The highest BCUT2D eigenvalue weighted by Crippen LogP contribution is 2.39. The number of imide groups is 1. The van der Waals surface area contributed by atoms with Crippen molar-refractivity contribution in [3.63, 3.8) is 0 Å². The molecule has 0 aromatic heterocycles. The van der Waals surface area contributed by atoms with E-state index in [0.29, 0.717) is 6.54 Å². The van der Waals surface area contributed by atoms with E-state index in [1.165, 1.54) is 6.42 Å². The summed E-state index contributed by atoms with van der Waals surface area (Å²) in [5.41, 5.74) is 0.170. The molecule has 1 aliphatic rings. The number of carboxylic acids is 1. The maximum Gasteiger partial charge on any atom is 0.321 e. The number of amides is 3. The monoisotopic (exact) mass is 256 g/mol. The van der Waals surface area contributed by atoms with Crippen LogP contribution in [0.5, 0.6) is 0 Å². The van der Waals surface area contributed by atoms with E-state index in [2.05, 4.69) is 17.6 Å². The van der Waals surface area contributed by atoms with E-state index in [1.807, 2.05) is 0 Å². The summed E-state index contributed by atoms with van der Waals surface area (Å²) in [5, 5.41) is 13.3. The lowest BCUT2D eigenvalue weighted by Crippen LogP contribution is -2.45. The number of hydrogen-bond acceptors (Lipinski definition) is 3. The van der Waals surface area contributed by atoms with Gasteiger partial charge in [0.2, 0.25) is 5.91 Å². The lowest BCUT2D eigenvalue weighted by atomic mass is 9.70. The minimum atomic E-state index is -0.940. The van der Waals surface area contributed by atoms with Gasteiger partial charge in [0.1, 0.15) is 0 Å². The van der Waals surface area contributed by atoms with E-state index in [-0.39, 0.29) is 24.7 Å². The van der Waals surface area contributed by atoms with Crippen LogP contribution in [-0.2, 0) is 9.59 Å². The summed E-state index contributed by atoms with van der Waals surface area (Å²) >= 11 is 0. The Balaban J connectivity index is 2.11. The van der Waals surface area contributed by atoms with Gasteiger partial charge in [0.25, 0.3) is 0 Å². The molecule has 1 saturated carbocycles. The molecule has 1 rings (SSSR count). The van der Waals surface area contributed by atoms with Crippen LogP contribution in [0.25, 0.3) is 0 Å². The highest BCUT2D eigenvalue weighted by Gasteiger charge is 2.31. The first-order chi connectivity index (χ1) is 8.41. The lowest BCUT2D eigenvalue weighted by Gasteiger charge is -2.38. The van der Waals surface area contributed by atoms with Gasteiger partial charge in [0, 0.05) is 19.4 Å². The van der Waals surface area contributed by atoms with Crippen molar-refractivity contribution in [2.75, 3.05) is 6.54 Å². The highest BCUT2D eigenvalue weighted by atomic mass is 16.4. The van der Waals surface area contributed by atoms with Crippen LogP contribution >= 0.6 is 0 Å². The van der Waals surface area contributed by atoms with Gasteiger partial charge < -0.3 is 10.4 Å². The molecule has 0 bridgehead atoms. The fourth-order valence-electron chi connectivity index (χ4n) is 1.88. The van der Waals surface area contributed by atoms with E-state index < -0.39 is 17.9 Å². The average molecular weight is 256 g/mol. The summed E-state index contributed by atoms with van der Waals surface area (Å²) in [6.45, 7) is 2.67. The Morgan fingerprint density at radius 2 is 1.89 bits per heavy atom. The first-order valence-electron chi connectivity index (χ1n) is 6.21. The summed E-state index contributed by atoms with van der Waals surface area (Å²) < 4.78 is 0. The van der Waals surface area contributed by atoms with Crippen molar-refractivity contribution in [1.82, 2.24) is 10.6 Å². The Hall–Kier alpha value is -1.59. The molecule has 1 fully saturated rings. The second kappa shape index (κ2) is 6.37. The van der Waals surface area contributed by atoms with E-state index >= 15 is 0 Å². The molecule has 3 amide bonds. The zero-order chi connectivity index (χ0) is 13.6. The van der Waals surface area contributed by atoms with Crippen LogP contribution in [0, 0.1) is 5.41 Å². The van der Waals surface area contributed by atoms with Gasteiger partial charge in [0.05, 0.1) is 0 Å². The van der Waals surface area contributed by atoms with Crippen molar-refractivity contribution in [2.24, 2.45) is 5.41 Å². The molecule has 0 spiro atoms. The molecule has 0 aromatic rings. The van der Waals surface area contributed by atoms with Gasteiger partial charge in [-0.25, -0.2) is 4.79 Å². The van der Waals surface area contributed by atoms with Crippen molar-refractivity contribution >= 4 is 17.9 Å². The summed E-state index contributed by atoms with van der Waals surface area (Å²) in [4.78, 5) is 32.9. The molecule has 18 heavy (non-hydrogen) atoms. The van der Waals surface area contributed by atoms with Gasteiger partial charge in [-0.3, -0.25) is 14.9 Å². The summed E-state index contributed by atoms with van der Waals surface area (Å²) in [6.07, 6.45) is 3.61. The molecule has 0 heterocycles. The van der Waals surface area contributed by atoms with Crippen molar-refractivity contribution < 1.29 is 19.5 Å². The molecule has 6 heteroatoms. The topological polar surface area (TPSA) is 95.5 Å². The quantitative estimate of drug-likeness (QED) is 0.666. The van der Waals surface area contributed by atoms with Crippen LogP contribution in [0.15, 0.2) is 0 Å². The van der Waals surface area contributed by atoms with Gasteiger partial charge in [-0.2, -0.15) is 0 Å². The smallest absolute Gasteiger partial charge is 0.321 e. The summed E-state index contributed by atoms with van der Waals surface area (Å²) in [5.74, 6) is -1.38. The van der Waals surface area contributed by atoms with Crippen molar-refractivity contribution in [3.8, 4) is 0 Å². The fraction of sp³-hybridized carbons (Fsp3) is 0.750. The van der Waals surface area contributed by atoms with Gasteiger partial charge in [-0.05, 0) is 24.7 Å². The first-order valence-corrected chi connectivity index (χ1v) is 6.21. The third-order valence-electron chi connectivity index (χ3n) is 3.28. The Morgan fingerprint density at radius 1 is 1.22 bits per heavy atom. The van der Waals surface area contributed by atoms with Gasteiger partial charge >= 0.3 is 12.0 Å². The molecule has 102 valence electrons. The largest absolute Gasteiger partial charge is 0.481 e. The molecule has 0 aliphatic heterocycles. The number of rotatable bonds is 6. The normalized spacial score (nSPS) is 16.5. The molecule has 0 radical (unpaired) electrons. The Kier molecular flexibility index (Phi) is 5.12. The number of carboxylic acid groups (broad SMARTS) is 1.